The number of carbonyl (C=O) groups excluding carboxylic acids is 1. The molecule has 2 rings (SSSR count). The quantitative estimate of drug-likeness (QED) is 0.787. The van der Waals surface area contributed by atoms with Crippen molar-refractivity contribution in [3.8, 4) is 0 Å². The van der Waals surface area contributed by atoms with Gasteiger partial charge in [-0.3, -0.25) is 4.79 Å². The Morgan fingerprint density at radius 1 is 1.23 bits per heavy atom. The van der Waals surface area contributed by atoms with Crippen molar-refractivity contribution in [2.24, 2.45) is 5.41 Å². The molecule has 1 aromatic carbocycles. The first-order chi connectivity index (χ1) is 10.6. The van der Waals surface area contributed by atoms with E-state index in [1.54, 1.807) is 0 Å². The number of aliphatic hydroxyl groups is 1. The maximum atomic E-state index is 12.2. The van der Waals surface area contributed by atoms with Gasteiger partial charge in [0.2, 0.25) is 5.91 Å². The van der Waals surface area contributed by atoms with Crippen LogP contribution in [0.4, 0.5) is 0 Å². The molecule has 0 fully saturated rings. The van der Waals surface area contributed by atoms with E-state index in [2.05, 4.69) is 19.2 Å². The molecule has 0 aliphatic carbocycles. The highest BCUT2D eigenvalue weighted by Gasteiger charge is 2.26. The molecule has 1 amide bonds. The van der Waals surface area contributed by atoms with E-state index in [0.29, 0.717) is 13.1 Å². The van der Waals surface area contributed by atoms with Gasteiger partial charge in [0.25, 0.3) is 0 Å². The average Bonchev–Trinajstić information content (AvgIpc) is 2.95. The van der Waals surface area contributed by atoms with Crippen LogP contribution >= 0.6 is 0 Å². The van der Waals surface area contributed by atoms with Crippen LogP contribution in [-0.4, -0.2) is 28.7 Å². The fourth-order valence-corrected chi connectivity index (χ4v) is 2.95. The minimum Gasteiger partial charge on any atom is -0.396 e. The molecule has 0 aliphatic rings. The molecule has 4 heteroatoms. The summed E-state index contributed by atoms with van der Waals surface area (Å²) in [6, 6.07) is 10.1. The van der Waals surface area contributed by atoms with E-state index in [0.717, 1.165) is 30.2 Å². The Bertz CT molecular complexity index is 614. The molecule has 0 saturated carbocycles. The summed E-state index contributed by atoms with van der Waals surface area (Å²) in [5.74, 6) is 0.0190. The Morgan fingerprint density at radius 2 is 1.95 bits per heavy atom. The molecule has 4 nitrogen and oxygen atoms in total. The molecule has 2 N–H and O–H groups in total. The van der Waals surface area contributed by atoms with Crippen LogP contribution in [0, 0.1) is 5.41 Å². The first kappa shape index (κ1) is 16.6. The second-order valence-electron chi connectivity index (χ2n) is 5.96. The fourth-order valence-electron chi connectivity index (χ4n) is 2.95. The van der Waals surface area contributed by atoms with E-state index in [9.17, 15) is 9.90 Å². The van der Waals surface area contributed by atoms with Crippen LogP contribution in [0.25, 0.3) is 10.9 Å². The van der Waals surface area contributed by atoms with Gasteiger partial charge < -0.3 is 15.0 Å². The normalized spacial score (nSPS) is 11.8. The molecular weight excluding hydrogens is 276 g/mol. The summed E-state index contributed by atoms with van der Waals surface area (Å²) in [6.07, 6.45) is 4.59. The van der Waals surface area contributed by atoms with Crippen molar-refractivity contribution < 1.29 is 9.90 Å². The van der Waals surface area contributed by atoms with E-state index < -0.39 is 0 Å². The highest BCUT2D eigenvalue weighted by atomic mass is 16.3. The number of nitrogens with zero attached hydrogens (tertiary/aromatic N) is 1. The lowest BCUT2D eigenvalue weighted by atomic mass is 9.79. The largest absolute Gasteiger partial charge is 0.396 e. The number of benzene rings is 1. The standard InChI is InChI=1S/C18H26N2O2/c1-3-18(4-2,10-12-21)14-19-17(22)13-20-11-9-15-7-5-6-8-16(15)20/h5-9,11,21H,3-4,10,12-14H2,1-2H3,(H,19,22). The van der Waals surface area contributed by atoms with Crippen LogP contribution in [0.3, 0.4) is 0 Å². The molecule has 1 heterocycles. The van der Waals surface area contributed by atoms with E-state index in [1.165, 1.54) is 0 Å². The van der Waals surface area contributed by atoms with Gasteiger partial charge >= 0.3 is 0 Å². The zero-order chi connectivity index (χ0) is 16.0. The summed E-state index contributed by atoms with van der Waals surface area (Å²) in [5.41, 5.74) is 1.08. The second-order valence-corrected chi connectivity index (χ2v) is 5.96. The number of amides is 1. The van der Waals surface area contributed by atoms with Gasteiger partial charge in [-0.15, -0.1) is 0 Å². The Balaban J connectivity index is 1.98. The average molecular weight is 302 g/mol. The summed E-state index contributed by atoms with van der Waals surface area (Å²) in [7, 11) is 0. The number of hydrogen-bond acceptors (Lipinski definition) is 2. The van der Waals surface area contributed by atoms with E-state index in [1.807, 2.05) is 41.1 Å². The first-order valence-electron chi connectivity index (χ1n) is 8.05. The number of para-hydroxylation sites is 1. The second kappa shape index (κ2) is 7.45. The monoisotopic (exact) mass is 302 g/mol. The van der Waals surface area contributed by atoms with E-state index >= 15 is 0 Å². The molecule has 0 saturated heterocycles. The number of fused-ring (bicyclic) bond motifs is 1. The van der Waals surface area contributed by atoms with Crippen molar-refractivity contribution in [3.05, 3.63) is 36.5 Å². The Morgan fingerprint density at radius 3 is 2.64 bits per heavy atom. The molecule has 2 aromatic rings. The number of aliphatic hydroxyl groups excluding tert-OH is 1. The minimum atomic E-state index is 0.00314. The van der Waals surface area contributed by atoms with Crippen molar-refractivity contribution in [1.29, 1.82) is 0 Å². The summed E-state index contributed by atoms with van der Waals surface area (Å²) in [5, 5.41) is 13.4. The zero-order valence-corrected chi connectivity index (χ0v) is 13.5. The van der Waals surface area contributed by atoms with Gasteiger partial charge in [-0.1, -0.05) is 32.0 Å². The lowest BCUT2D eigenvalue weighted by molar-refractivity contribution is -0.122. The third-order valence-corrected chi connectivity index (χ3v) is 4.80. The van der Waals surface area contributed by atoms with Crippen LogP contribution in [0.5, 0.6) is 0 Å². The number of aromatic nitrogens is 1. The fraction of sp³-hybridized carbons (Fsp3) is 0.500. The maximum absolute atomic E-state index is 12.2. The SMILES string of the molecule is CCC(CC)(CCO)CNC(=O)Cn1ccc2ccccc21. The molecular formula is C18H26N2O2. The number of rotatable bonds is 8. The van der Waals surface area contributed by atoms with Gasteiger partial charge in [-0.25, -0.2) is 0 Å². The predicted molar refractivity (Wildman–Crippen MR) is 89.7 cm³/mol. The molecule has 0 unspecified atom stereocenters. The Labute approximate surface area is 132 Å². The number of hydrogen-bond donors (Lipinski definition) is 2. The topological polar surface area (TPSA) is 54.3 Å². The maximum Gasteiger partial charge on any atom is 0.239 e. The molecule has 0 radical (unpaired) electrons. The molecule has 0 atom stereocenters. The Hall–Kier alpha value is -1.81. The Kier molecular flexibility index (Phi) is 5.61. The molecule has 0 spiro atoms. The van der Waals surface area contributed by atoms with E-state index in [-0.39, 0.29) is 17.9 Å². The summed E-state index contributed by atoms with van der Waals surface area (Å²) in [4.78, 5) is 12.2. The van der Waals surface area contributed by atoms with Crippen molar-refractivity contribution in [2.45, 2.75) is 39.7 Å². The van der Waals surface area contributed by atoms with Crippen LogP contribution in [0.2, 0.25) is 0 Å². The molecule has 0 aliphatic heterocycles. The van der Waals surface area contributed by atoms with Crippen molar-refractivity contribution in [2.75, 3.05) is 13.2 Å². The third-order valence-electron chi connectivity index (χ3n) is 4.80. The predicted octanol–water partition coefficient (Wildman–Crippen LogP) is 2.95. The smallest absolute Gasteiger partial charge is 0.239 e. The summed E-state index contributed by atoms with van der Waals surface area (Å²) < 4.78 is 1.97. The molecule has 120 valence electrons. The summed E-state index contributed by atoms with van der Waals surface area (Å²) >= 11 is 0. The number of nitrogens with one attached hydrogen (secondary N) is 1. The lowest BCUT2D eigenvalue weighted by Crippen LogP contribution is -2.39. The highest BCUT2D eigenvalue weighted by molar-refractivity contribution is 5.83. The van der Waals surface area contributed by atoms with Gasteiger partial charge in [0.05, 0.1) is 0 Å². The highest BCUT2D eigenvalue weighted by Crippen LogP contribution is 2.29. The van der Waals surface area contributed by atoms with Gasteiger partial charge in [-0.2, -0.15) is 0 Å². The van der Waals surface area contributed by atoms with Crippen LogP contribution in [0.1, 0.15) is 33.1 Å². The van der Waals surface area contributed by atoms with E-state index in [4.69, 9.17) is 0 Å². The molecule has 1 aromatic heterocycles. The van der Waals surface area contributed by atoms with Crippen LogP contribution < -0.4 is 5.32 Å². The van der Waals surface area contributed by atoms with Crippen LogP contribution in [0.15, 0.2) is 36.5 Å². The lowest BCUT2D eigenvalue weighted by Gasteiger charge is -2.31. The van der Waals surface area contributed by atoms with Gasteiger partial charge in [0, 0.05) is 24.9 Å². The van der Waals surface area contributed by atoms with Crippen LogP contribution in [-0.2, 0) is 11.3 Å². The summed E-state index contributed by atoms with van der Waals surface area (Å²) in [6.45, 7) is 5.35. The zero-order valence-electron chi connectivity index (χ0n) is 13.5. The molecule has 22 heavy (non-hydrogen) atoms. The van der Waals surface area contributed by atoms with Gasteiger partial charge in [-0.05, 0) is 42.2 Å². The number of carbonyl (C=O) groups is 1. The van der Waals surface area contributed by atoms with Crippen molar-refractivity contribution in [3.63, 3.8) is 0 Å². The van der Waals surface area contributed by atoms with Gasteiger partial charge in [0.1, 0.15) is 6.54 Å². The van der Waals surface area contributed by atoms with Crippen molar-refractivity contribution in [1.82, 2.24) is 9.88 Å². The molecule has 0 bridgehead atoms. The van der Waals surface area contributed by atoms with Gasteiger partial charge in [0.15, 0.2) is 0 Å². The first-order valence-corrected chi connectivity index (χ1v) is 8.05. The van der Waals surface area contributed by atoms with Crippen molar-refractivity contribution >= 4 is 16.8 Å². The minimum absolute atomic E-state index is 0.00314. The third kappa shape index (κ3) is 3.69.